The zero-order valence-electron chi connectivity index (χ0n) is 14.8. The van der Waals surface area contributed by atoms with Crippen LogP contribution in [0.4, 0.5) is 8.78 Å². The van der Waals surface area contributed by atoms with Crippen LogP contribution in [0.15, 0.2) is 23.2 Å². The van der Waals surface area contributed by atoms with E-state index in [0.717, 1.165) is 43.9 Å². The Bertz CT molecular complexity index is 613. The van der Waals surface area contributed by atoms with Gasteiger partial charge in [0.25, 0.3) is 0 Å². The molecule has 0 atom stereocenters. The van der Waals surface area contributed by atoms with Crippen molar-refractivity contribution in [3.05, 3.63) is 35.4 Å². The van der Waals surface area contributed by atoms with Crippen LogP contribution in [0, 0.1) is 11.6 Å². The van der Waals surface area contributed by atoms with Gasteiger partial charge in [-0.05, 0) is 31.0 Å². The lowest BCUT2D eigenvalue weighted by Gasteiger charge is -2.25. The first-order valence-corrected chi connectivity index (χ1v) is 8.64. The summed E-state index contributed by atoms with van der Waals surface area (Å²) in [6.45, 7) is 0.0962. The Hall–Kier alpha value is -2.18. The standard InChI is InChI=1S/C18H26F2N4O/c1-24(2)17(25)12-22-18(23-15-6-4-3-5-7-15)21-11-13-10-14(19)8-9-16(13)20/h8-10,15H,3-7,11-12H2,1-2H3,(H2,21,22,23). The fourth-order valence-corrected chi connectivity index (χ4v) is 2.74. The molecular formula is C18H26F2N4O. The second-order valence-corrected chi connectivity index (χ2v) is 6.52. The zero-order chi connectivity index (χ0) is 18.2. The minimum Gasteiger partial charge on any atom is -0.354 e. The summed E-state index contributed by atoms with van der Waals surface area (Å²) in [5, 5.41) is 6.29. The van der Waals surface area contributed by atoms with Gasteiger partial charge in [-0.3, -0.25) is 4.79 Å². The molecule has 5 nitrogen and oxygen atoms in total. The molecular weight excluding hydrogens is 326 g/mol. The van der Waals surface area contributed by atoms with Crippen molar-refractivity contribution in [2.45, 2.75) is 44.7 Å². The van der Waals surface area contributed by atoms with E-state index in [0.29, 0.717) is 5.96 Å². The van der Waals surface area contributed by atoms with Crippen molar-refractivity contribution in [2.75, 3.05) is 20.6 Å². The largest absolute Gasteiger partial charge is 0.354 e. The average molecular weight is 352 g/mol. The predicted octanol–water partition coefficient (Wildman–Crippen LogP) is 2.42. The maximum Gasteiger partial charge on any atom is 0.241 e. The second-order valence-electron chi connectivity index (χ2n) is 6.52. The van der Waals surface area contributed by atoms with E-state index in [2.05, 4.69) is 15.6 Å². The fraction of sp³-hybridized carbons (Fsp3) is 0.556. The molecule has 2 rings (SSSR count). The minimum absolute atomic E-state index is 0.00179. The first-order valence-electron chi connectivity index (χ1n) is 8.64. The number of hydrogen-bond donors (Lipinski definition) is 2. The van der Waals surface area contributed by atoms with Gasteiger partial charge in [-0.25, -0.2) is 13.8 Å². The molecule has 0 aliphatic heterocycles. The van der Waals surface area contributed by atoms with Gasteiger partial charge in [-0.15, -0.1) is 0 Å². The summed E-state index contributed by atoms with van der Waals surface area (Å²) < 4.78 is 27.1. The number of halogens is 2. The molecule has 0 saturated heterocycles. The maximum absolute atomic E-state index is 13.8. The van der Waals surface area contributed by atoms with Crippen molar-refractivity contribution in [2.24, 2.45) is 4.99 Å². The monoisotopic (exact) mass is 352 g/mol. The van der Waals surface area contributed by atoms with Gasteiger partial charge in [-0.1, -0.05) is 19.3 Å². The highest BCUT2D eigenvalue weighted by Crippen LogP contribution is 2.17. The molecule has 0 unspecified atom stereocenters. The third-order valence-electron chi connectivity index (χ3n) is 4.27. The summed E-state index contributed by atoms with van der Waals surface area (Å²) in [6.07, 6.45) is 5.61. The van der Waals surface area contributed by atoms with Crippen LogP contribution in [0.5, 0.6) is 0 Å². The number of likely N-dealkylation sites (N-methyl/N-ethyl adjacent to an activating group) is 1. The number of nitrogens with one attached hydrogen (secondary N) is 2. The van der Waals surface area contributed by atoms with Crippen LogP contribution in [0.3, 0.4) is 0 Å². The number of rotatable bonds is 5. The molecule has 2 N–H and O–H groups in total. The van der Waals surface area contributed by atoms with Crippen LogP contribution in [0.25, 0.3) is 0 Å². The van der Waals surface area contributed by atoms with E-state index in [1.165, 1.54) is 11.3 Å². The second kappa shape index (κ2) is 9.34. The van der Waals surface area contributed by atoms with Crippen molar-refractivity contribution in [1.82, 2.24) is 15.5 Å². The third kappa shape index (κ3) is 6.32. The SMILES string of the molecule is CN(C)C(=O)CNC(=NCc1cc(F)ccc1F)NC1CCCCC1. The highest BCUT2D eigenvalue weighted by Gasteiger charge is 2.15. The molecule has 25 heavy (non-hydrogen) atoms. The zero-order valence-corrected chi connectivity index (χ0v) is 14.8. The lowest BCUT2D eigenvalue weighted by Crippen LogP contribution is -2.47. The topological polar surface area (TPSA) is 56.7 Å². The van der Waals surface area contributed by atoms with Gasteiger partial charge in [0.15, 0.2) is 5.96 Å². The molecule has 1 aliphatic rings. The molecule has 0 aromatic heterocycles. The van der Waals surface area contributed by atoms with E-state index in [9.17, 15) is 13.6 Å². The van der Waals surface area contributed by atoms with Crippen molar-refractivity contribution in [3.8, 4) is 0 Å². The Morgan fingerprint density at radius 1 is 1.24 bits per heavy atom. The third-order valence-corrected chi connectivity index (χ3v) is 4.27. The Kier molecular flexibility index (Phi) is 7.16. The van der Waals surface area contributed by atoms with E-state index < -0.39 is 11.6 Å². The normalized spacial score (nSPS) is 15.8. The Morgan fingerprint density at radius 3 is 2.64 bits per heavy atom. The van der Waals surface area contributed by atoms with Gasteiger partial charge in [-0.2, -0.15) is 0 Å². The van der Waals surface area contributed by atoms with Crippen LogP contribution in [0.2, 0.25) is 0 Å². The molecule has 1 aromatic carbocycles. The summed E-state index contributed by atoms with van der Waals surface area (Å²) in [4.78, 5) is 17.6. The number of nitrogens with zero attached hydrogens (tertiary/aromatic N) is 2. The molecule has 1 fully saturated rings. The first-order chi connectivity index (χ1) is 12.0. The number of hydrogen-bond acceptors (Lipinski definition) is 2. The molecule has 0 radical (unpaired) electrons. The number of carbonyl (C=O) groups is 1. The summed E-state index contributed by atoms with van der Waals surface area (Å²) in [6, 6.07) is 3.60. The molecule has 138 valence electrons. The van der Waals surface area contributed by atoms with Gasteiger partial charge in [0, 0.05) is 25.7 Å². The van der Waals surface area contributed by atoms with Crippen molar-refractivity contribution in [1.29, 1.82) is 0 Å². The van der Waals surface area contributed by atoms with Gasteiger partial charge < -0.3 is 15.5 Å². The first kappa shape index (κ1) is 19.1. The quantitative estimate of drug-likeness (QED) is 0.632. The summed E-state index contributed by atoms with van der Waals surface area (Å²) >= 11 is 0. The van der Waals surface area contributed by atoms with E-state index in [-0.39, 0.29) is 30.6 Å². The van der Waals surface area contributed by atoms with E-state index in [1.54, 1.807) is 14.1 Å². The highest BCUT2D eigenvalue weighted by molar-refractivity contribution is 5.86. The number of benzene rings is 1. The van der Waals surface area contributed by atoms with Gasteiger partial charge in [0.1, 0.15) is 11.6 Å². The number of amides is 1. The van der Waals surface area contributed by atoms with Crippen LogP contribution >= 0.6 is 0 Å². The molecule has 0 heterocycles. The molecule has 1 amide bonds. The van der Waals surface area contributed by atoms with Gasteiger partial charge in [0.05, 0.1) is 13.1 Å². The number of aliphatic imine (C=N–C) groups is 1. The van der Waals surface area contributed by atoms with Gasteiger partial charge in [0.2, 0.25) is 5.91 Å². The fourth-order valence-electron chi connectivity index (χ4n) is 2.74. The van der Waals surface area contributed by atoms with Crippen molar-refractivity contribution < 1.29 is 13.6 Å². The van der Waals surface area contributed by atoms with Gasteiger partial charge >= 0.3 is 0 Å². The Labute approximate surface area is 147 Å². The molecule has 1 saturated carbocycles. The number of guanidine groups is 1. The highest BCUT2D eigenvalue weighted by atomic mass is 19.1. The average Bonchev–Trinajstić information content (AvgIpc) is 2.60. The van der Waals surface area contributed by atoms with Crippen LogP contribution in [-0.2, 0) is 11.3 Å². The Morgan fingerprint density at radius 2 is 1.96 bits per heavy atom. The van der Waals surface area contributed by atoms with E-state index in [1.807, 2.05) is 0 Å². The molecule has 1 aromatic rings. The number of carbonyl (C=O) groups excluding carboxylic acids is 1. The minimum atomic E-state index is -0.496. The van der Waals surface area contributed by atoms with Crippen molar-refractivity contribution >= 4 is 11.9 Å². The lowest BCUT2D eigenvalue weighted by atomic mass is 9.96. The summed E-state index contributed by atoms with van der Waals surface area (Å²) in [5.41, 5.74) is 0.184. The summed E-state index contributed by atoms with van der Waals surface area (Å²) in [7, 11) is 3.36. The van der Waals surface area contributed by atoms with Crippen LogP contribution < -0.4 is 10.6 Å². The van der Waals surface area contributed by atoms with Crippen LogP contribution in [-0.4, -0.2) is 43.4 Å². The smallest absolute Gasteiger partial charge is 0.241 e. The summed E-state index contributed by atoms with van der Waals surface area (Å²) in [5.74, 6) is -0.628. The molecule has 0 spiro atoms. The van der Waals surface area contributed by atoms with E-state index in [4.69, 9.17) is 0 Å². The predicted molar refractivity (Wildman–Crippen MR) is 94.2 cm³/mol. The molecule has 7 heteroatoms. The van der Waals surface area contributed by atoms with E-state index >= 15 is 0 Å². The maximum atomic E-state index is 13.8. The van der Waals surface area contributed by atoms with Crippen LogP contribution in [0.1, 0.15) is 37.7 Å². The Balaban J connectivity index is 2.05. The lowest BCUT2D eigenvalue weighted by molar-refractivity contribution is -0.127. The molecule has 1 aliphatic carbocycles. The molecule has 0 bridgehead atoms. The van der Waals surface area contributed by atoms with Crippen molar-refractivity contribution in [3.63, 3.8) is 0 Å².